The number of thiophene rings is 1. The van der Waals surface area contributed by atoms with Crippen LogP contribution in [0.4, 0.5) is 0 Å². The lowest BCUT2D eigenvalue weighted by Gasteiger charge is -2.36. The summed E-state index contributed by atoms with van der Waals surface area (Å²) in [6.45, 7) is 5.07. The van der Waals surface area contributed by atoms with Crippen molar-refractivity contribution in [2.75, 3.05) is 19.8 Å². The summed E-state index contributed by atoms with van der Waals surface area (Å²) in [7, 11) is 0. The fourth-order valence-electron chi connectivity index (χ4n) is 3.57. The van der Waals surface area contributed by atoms with Gasteiger partial charge in [-0.15, -0.1) is 11.3 Å². The second-order valence-electron chi connectivity index (χ2n) is 6.96. The van der Waals surface area contributed by atoms with Crippen LogP contribution in [0, 0.1) is 5.92 Å². The largest absolute Gasteiger partial charge is 0.379 e. The lowest BCUT2D eigenvalue weighted by Crippen LogP contribution is -2.43. The molecular weight excluding hydrogens is 334 g/mol. The quantitative estimate of drug-likeness (QED) is 0.763. The van der Waals surface area contributed by atoms with E-state index in [9.17, 15) is 4.79 Å². The maximum absolute atomic E-state index is 13.0. The molecule has 1 aliphatic heterocycles. The standard InChI is InChI=1S/C19H25N3O2S/c1-2-22-19-15(11-20-22)7-8-21(17(19)13-24-12-14-5-6-14)18(23)10-16-4-3-9-25-16/h3-4,9,11,14,17H,2,5-8,10,12-13H2,1H3/t17-/m1/s1. The zero-order valence-electron chi connectivity index (χ0n) is 14.7. The van der Waals surface area contributed by atoms with Crippen LogP contribution in [0.25, 0.3) is 0 Å². The Morgan fingerprint density at radius 3 is 3.00 bits per heavy atom. The Morgan fingerprint density at radius 1 is 1.40 bits per heavy atom. The van der Waals surface area contributed by atoms with Crippen LogP contribution in [0.5, 0.6) is 0 Å². The molecule has 3 heterocycles. The molecule has 0 N–H and O–H groups in total. The molecule has 5 nitrogen and oxygen atoms in total. The number of aryl methyl sites for hydroxylation is 1. The van der Waals surface area contributed by atoms with Crippen molar-refractivity contribution in [1.29, 1.82) is 0 Å². The molecule has 0 bridgehead atoms. The lowest BCUT2D eigenvalue weighted by molar-refractivity contribution is -0.135. The number of amides is 1. The van der Waals surface area contributed by atoms with Gasteiger partial charge in [-0.25, -0.2) is 0 Å². The van der Waals surface area contributed by atoms with Crippen molar-refractivity contribution in [3.8, 4) is 0 Å². The normalized spacial score (nSPS) is 19.9. The van der Waals surface area contributed by atoms with E-state index in [-0.39, 0.29) is 11.9 Å². The molecule has 1 saturated carbocycles. The summed E-state index contributed by atoms with van der Waals surface area (Å²) >= 11 is 1.65. The maximum Gasteiger partial charge on any atom is 0.228 e. The third-order valence-corrected chi connectivity index (χ3v) is 6.00. The van der Waals surface area contributed by atoms with Crippen LogP contribution in [0.2, 0.25) is 0 Å². The molecule has 1 fully saturated rings. The van der Waals surface area contributed by atoms with Crippen molar-refractivity contribution < 1.29 is 9.53 Å². The first-order chi connectivity index (χ1) is 12.3. The number of carbonyl (C=O) groups is 1. The Bertz CT molecular complexity index is 708. The Hall–Kier alpha value is -1.66. The van der Waals surface area contributed by atoms with E-state index in [1.54, 1.807) is 11.3 Å². The molecule has 2 aliphatic rings. The summed E-state index contributed by atoms with van der Waals surface area (Å²) in [4.78, 5) is 16.1. The first kappa shape index (κ1) is 16.8. The Morgan fingerprint density at radius 2 is 2.28 bits per heavy atom. The molecule has 1 amide bonds. The van der Waals surface area contributed by atoms with Crippen molar-refractivity contribution >= 4 is 17.2 Å². The van der Waals surface area contributed by atoms with Gasteiger partial charge in [0.2, 0.25) is 5.91 Å². The molecule has 0 saturated heterocycles. The van der Waals surface area contributed by atoms with E-state index in [1.807, 2.05) is 33.3 Å². The van der Waals surface area contributed by atoms with Crippen LogP contribution in [-0.4, -0.2) is 40.3 Å². The first-order valence-corrected chi connectivity index (χ1v) is 10.1. The van der Waals surface area contributed by atoms with Gasteiger partial charge in [0, 0.05) is 24.6 Å². The third-order valence-electron chi connectivity index (χ3n) is 5.13. The molecule has 1 atom stereocenters. The number of aromatic nitrogens is 2. The van der Waals surface area contributed by atoms with Crippen molar-refractivity contribution in [1.82, 2.24) is 14.7 Å². The van der Waals surface area contributed by atoms with Gasteiger partial charge in [-0.2, -0.15) is 5.10 Å². The summed E-state index contributed by atoms with van der Waals surface area (Å²) in [5.74, 6) is 0.923. The molecular formula is C19H25N3O2S. The van der Waals surface area contributed by atoms with E-state index in [1.165, 1.54) is 24.1 Å². The van der Waals surface area contributed by atoms with Crippen molar-refractivity contribution in [2.24, 2.45) is 5.92 Å². The molecule has 6 heteroatoms. The molecule has 0 aromatic carbocycles. The number of carbonyl (C=O) groups excluding carboxylic acids is 1. The number of ether oxygens (including phenoxy) is 1. The molecule has 134 valence electrons. The highest BCUT2D eigenvalue weighted by Crippen LogP contribution is 2.33. The Balaban J connectivity index is 1.54. The SMILES string of the molecule is CCn1ncc2c1[C@@H](COCC1CC1)N(C(=O)Cc1cccs1)CC2. The van der Waals surface area contributed by atoms with Gasteiger partial charge < -0.3 is 9.64 Å². The number of hydrogen-bond donors (Lipinski definition) is 0. The van der Waals surface area contributed by atoms with Crippen LogP contribution < -0.4 is 0 Å². The minimum absolute atomic E-state index is 0.0163. The van der Waals surface area contributed by atoms with Gasteiger partial charge in [0.1, 0.15) is 0 Å². The highest BCUT2D eigenvalue weighted by molar-refractivity contribution is 7.10. The predicted molar refractivity (Wildman–Crippen MR) is 97.6 cm³/mol. The molecule has 0 radical (unpaired) electrons. The van der Waals surface area contributed by atoms with Gasteiger partial charge in [-0.3, -0.25) is 9.48 Å². The number of rotatable bonds is 7. The van der Waals surface area contributed by atoms with E-state index in [4.69, 9.17) is 4.74 Å². The lowest BCUT2D eigenvalue weighted by atomic mass is 9.99. The average Bonchev–Trinajstić information content (AvgIpc) is 3.12. The highest BCUT2D eigenvalue weighted by atomic mass is 32.1. The molecule has 2 aromatic rings. The van der Waals surface area contributed by atoms with Crippen molar-refractivity contribution in [2.45, 2.75) is 45.2 Å². The fraction of sp³-hybridized carbons (Fsp3) is 0.579. The minimum atomic E-state index is -0.0163. The van der Waals surface area contributed by atoms with Crippen LogP contribution in [-0.2, 0) is 28.9 Å². The highest BCUT2D eigenvalue weighted by Gasteiger charge is 2.34. The molecule has 2 aromatic heterocycles. The summed E-state index contributed by atoms with van der Waals surface area (Å²) in [5, 5.41) is 6.54. The minimum Gasteiger partial charge on any atom is -0.379 e. The van der Waals surface area contributed by atoms with Gasteiger partial charge in [0.05, 0.1) is 31.0 Å². The van der Waals surface area contributed by atoms with E-state index >= 15 is 0 Å². The van der Waals surface area contributed by atoms with Crippen LogP contribution in [0.1, 0.15) is 41.9 Å². The van der Waals surface area contributed by atoms with E-state index in [0.29, 0.717) is 13.0 Å². The second-order valence-corrected chi connectivity index (χ2v) is 7.99. The topological polar surface area (TPSA) is 47.4 Å². The van der Waals surface area contributed by atoms with E-state index in [0.717, 1.165) is 36.9 Å². The molecule has 0 unspecified atom stereocenters. The molecule has 25 heavy (non-hydrogen) atoms. The molecule has 4 rings (SSSR count). The summed E-state index contributed by atoms with van der Waals surface area (Å²) < 4.78 is 8.04. The predicted octanol–water partition coefficient (Wildman–Crippen LogP) is 3.06. The first-order valence-electron chi connectivity index (χ1n) is 9.20. The van der Waals surface area contributed by atoms with E-state index in [2.05, 4.69) is 12.0 Å². The van der Waals surface area contributed by atoms with Crippen molar-refractivity contribution in [3.63, 3.8) is 0 Å². The second kappa shape index (κ2) is 7.30. The van der Waals surface area contributed by atoms with Crippen LogP contribution in [0.15, 0.2) is 23.7 Å². The van der Waals surface area contributed by atoms with Gasteiger partial charge >= 0.3 is 0 Å². The summed E-state index contributed by atoms with van der Waals surface area (Å²) in [6.07, 6.45) is 5.89. The monoisotopic (exact) mass is 359 g/mol. The van der Waals surface area contributed by atoms with Crippen molar-refractivity contribution in [3.05, 3.63) is 39.8 Å². The van der Waals surface area contributed by atoms with E-state index < -0.39 is 0 Å². The number of hydrogen-bond acceptors (Lipinski definition) is 4. The summed E-state index contributed by atoms with van der Waals surface area (Å²) in [6, 6.07) is 4.02. The zero-order valence-corrected chi connectivity index (χ0v) is 15.5. The number of fused-ring (bicyclic) bond motifs is 1. The maximum atomic E-state index is 13.0. The zero-order chi connectivity index (χ0) is 17.2. The smallest absolute Gasteiger partial charge is 0.228 e. The fourth-order valence-corrected chi connectivity index (χ4v) is 4.27. The van der Waals surface area contributed by atoms with Crippen LogP contribution in [0.3, 0.4) is 0 Å². The van der Waals surface area contributed by atoms with Gasteiger partial charge in [-0.05, 0) is 49.1 Å². The number of nitrogens with zero attached hydrogens (tertiary/aromatic N) is 3. The Kier molecular flexibility index (Phi) is 4.90. The molecule has 1 aliphatic carbocycles. The molecule has 0 spiro atoms. The van der Waals surface area contributed by atoms with Gasteiger partial charge in [-0.1, -0.05) is 6.07 Å². The average molecular weight is 359 g/mol. The third kappa shape index (κ3) is 3.65. The van der Waals surface area contributed by atoms with Gasteiger partial charge in [0.15, 0.2) is 0 Å². The Labute approximate surface area is 152 Å². The summed E-state index contributed by atoms with van der Waals surface area (Å²) in [5.41, 5.74) is 2.44. The van der Waals surface area contributed by atoms with Gasteiger partial charge in [0.25, 0.3) is 0 Å². The van der Waals surface area contributed by atoms with Crippen LogP contribution >= 0.6 is 11.3 Å².